The molecule has 0 aliphatic carbocycles. The van der Waals surface area contributed by atoms with Crippen LogP contribution in [0.15, 0.2) is 35.3 Å². The van der Waals surface area contributed by atoms with E-state index in [0.29, 0.717) is 12.0 Å². The van der Waals surface area contributed by atoms with E-state index in [1.54, 1.807) is 0 Å². The Morgan fingerprint density at radius 2 is 2.00 bits per heavy atom. The van der Waals surface area contributed by atoms with Crippen molar-refractivity contribution in [1.82, 2.24) is 30.3 Å². The van der Waals surface area contributed by atoms with Crippen molar-refractivity contribution < 1.29 is 0 Å². The van der Waals surface area contributed by atoms with Crippen LogP contribution < -0.4 is 10.6 Å². The quantitative estimate of drug-likeness (QED) is 0.358. The molecule has 4 rings (SSSR count). The zero-order chi connectivity index (χ0) is 20.1. The fourth-order valence-electron chi connectivity index (χ4n) is 4.48. The first-order chi connectivity index (χ1) is 14.2. The summed E-state index contributed by atoms with van der Waals surface area (Å²) in [6, 6.07) is 11.2. The first-order valence-corrected chi connectivity index (χ1v) is 10.8. The number of benzene rings is 1. The lowest BCUT2D eigenvalue weighted by atomic mass is 9.99. The van der Waals surface area contributed by atoms with Gasteiger partial charge in [0.1, 0.15) is 11.6 Å². The van der Waals surface area contributed by atoms with E-state index in [1.807, 2.05) is 14.0 Å². The van der Waals surface area contributed by atoms with Gasteiger partial charge in [0.15, 0.2) is 5.96 Å². The molecule has 2 aliphatic heterocycles. The molecule has 2 atom stereocenters. The summed E-state index contributed by atoms with van der Waals surface area (Å²) in [4.78, 5) is 7.01. The maximum Gasteiger partial charge on any atom is 0.191 e. The van der Waals surface area contributed by atoms with Crippen LogP contribution in [0.5, 0.6) is 0 Å². The summed E-state index contributed by atoms with van der Waals surface area (Å²) in [7, 11) is 1.86. The summed E-state index contributed by atoms with van der Waals surface area (Å²) in [6.07, 6.45) is 4.57. The van der Waals surface area contributed by atoms with Crippen LogP contribution in [0.2, 0.25) is 0 Å². The lowest BCUT2D eigenvalue weighted by molar-refractivity contribution is 0.192. The number of fused-ring (bicyclic) bond motifs is 1. The molecule has 3 heterocycles. The standard InChI is InChI=1S/C22H33N7.HI/c1-17-26-27-21-11-10-19(15-29(17)21)13-24-22(23-2)25-20-9-6-12-28(16-20)14-18-7-4-3-5-8-18;/h3-5,7-8,19-20H,6,9-16H2,1-2H3,(H2,23,24,25);1H. The number of nitrogens with zero attached hydrogens (tertiary/aromatic N) is 5. The molecule has 1 aromatic heterocycles. The predicted molar refractivity (Wildman–Crippen MR) is 131 cm³/mol. The number of rotatable bonds is 5. The van der Waals surface area contributed by atoms with E-state index in [2.05, 4.69) is 65.6 Å². The van der Waals surface area contributed by atoms with Gasteiger partial charge in [-0.1, -0.05) is 30.3 Å². The summed E-state index contributed by atoms with van der Waals surface area (Å²) in [5, 5.41) is 15.7. The summed E-state index contributed by atoms with van der Waals surface area (Å²) >= 11 is 0. The van der Waals surface area contributed by atoms with Gasteiger partial charge < -0.3 is 15.2 Å². The Kier molecular flexibility index (Phi) is 8.50. The number of nitrogens with one attached hydrogen (secondary N) is 2. The highest BCUT2D eigenvalue weighted by Crippen LogP contribution is 2.19. The Hall–Kier alpha value is -1.68. The van der Waals surface area contributed by atoms with Gasteiger partial charge in [-0.25, -0.2) is 0 Å². The van der Waals surface area contributed by atoms with Crippen LogP contribution >= 0.6 is 24.0 Å². The average Bonchev–Trinajstić information content (AvgIpc) is 3.12. The lowest BCUT2D eigenvalue weighted by Crippen LogP contribution is -2.51. The highest BCUT2D eigenvalue weighted by atomic mass is 127. The van der Waals surface area contributed by atoms with Gasteiger partial charge in [0.25, 0.3) is 0 Å². The summed E-state index contributed by atoms with van der Waals surface area (Å²) in [5.74, 6) is 3.65. The molecule has 1 saturated heterocycles. The smallest absolute Gasteiger partial charge is 0.191 e. The lowest BCUT2D eigenvalue weighted by Gasteiger charge is -2.34. The van der Waals surface area contributed by atoms with Crippen molar-refractivity contribution in [2.45, 2.75) is 51.7 Å². The van der Waals surface area contributed by atoms with Gasteiger partial charge >= 0.3 is 0 Å². The van der Waals surface area contributed by atoms with Crippen LogP contribution in [0.3, 0.4) is 0 Å². The minimum Gasteiger partial charge on any atom is -0.356 e. The van der Waals surface area contributed by atoms with E-state index in [-0.39, 0.29) is 24.0 Å². The topological polar surface area (TPSA) is 70.4 Å². The van der Waals surface area contributed by atoms with E-state index < -0.39 is 0 Å². The Morgan fingerprint density at radius 3 is 2.80 bits per heavy atom. The normalized spacial score (nSPS) is 22.1. The van der Waals surface area contributed by atoms with Gasteiger partial charge in [-0.2, -0.15) is 0 Å². The second kappa shape index (κ2) is 11.1. The number of hydrogen-bond donors (Lipinski definition) is 2. The van der Waals surface area contributed by atoms with Gasteiger partial charge in [-0.15, -0.1) is 34.2 Å². The molecule has 0 spiro atoms. The number of aryl methyl sites for hydroxylation is 2. The van der Waals surface area contributed by atoms with E-state index in [1.165, 1.54) is 24.9 Å². The van der Waals surface area contributed by atoms with Crippen LogP contribution in [0.1, 0.15) is 36.5 Å². The molecule has 0 radical (unpaired) electrons. The number of likely N-dealkylation sites (tertiary alicyclic amines) is 1. The van der Waals surface area contributed by atoms with Crippen molar-refractivity contribution in [2.24, 2.45) is 10.9 Å². The van der Waals surface area contributed by atoms with Crippen LogP contribution in [0.25, 0.3) is 0 Å². The van der Waals surface area contributed by atoms with Gasteiger partial charge in [-0.3, -0.25) is 9.89 Å². The maximum atomic E-state index is 4.47. The van der Waals surface area contributed by atoms with Crippen molar-refractivity contribution in [3.05, 3.63) is 47.5 Å². The van der Waals surface area contributed by atoms with E-state index >= 15 is 0 Å². The SMILES string of the molecule is CN=C(NCC1CCc2nnc(C)n2C1)NC1CCCN(Cc2ccccc2)C1.I. The second-order valence-corrected chi connectivity index (χ2v) is 8.34. The predicted octanol–water partition coefficient (Wildman–Crippen LogP) is 2.60. The second-order valence-electron chi connectivity index (χ2n) is 8.34. The molecule has 0 saturated carbocycles. The summed E-state index contributed by atoms with van der Waals surface area (Å²) < 4.78 is 2.26. The first-order valence-electron chi connectivity index (χ1n) is 10.8. The highest BCUT2D eigenvalue weighted by Gasteiger charge is 2.23. The van der Waals surface area contributed by atoms with Gasteiger partial charge in [-0.05, 0) is 44.2 Å². The molecule has 1 aromatic carbocycles. The molecular weight excluding hydrogens is 489 g/mol. The highest BCUT2D eigenvalue weighted by molar-refractivity contribution is 14.0. The van der Waals surface area contributed by atoms with Crippen molar-refractivity contribution in [3.8, 4) is 0 Å². The monoisotopic (exact) mass is 523 g/mol. The minimum atomic E-state index is 0. The minimum absolute atomic E-state index is 0. The van der Waals surface area contributed by atoms with Gasteiger partial charge in [0, 0.05) is 45.7 Å². The molecule has 2 unspecified atom stereocenters. The third kappa shape index (κ3) is 5.94. The van der Waals surface area contributed by atoms with E-state index in [9.17, 15) is 0 Å². The van der Waals surface area contributed by atoms with Crippen LogP contribution in [-0.4, -0.2) is 58.3 Å². The molecule has 2 aliphatic rings. The van der Waals surface area contributed by atoms with Crippen molar-refractivity contribution in [1.29, 1.82) is 0 Å². The molecule has 8 heteroatoms. The van der Waals surface area contributed by atoms with E-state index in [0.717, 1.165) is 56.6 Å². The molecule has 164 valence electrons. The molecule has 30 heavy (non-hydrogen) atoms. The summed E-state index contributed by atoms with van der Waals surface area (Å²) in [5.41, 5.74) is 1.39. The average molecular weight is 523 g/mol. The summed E-state index contributed by atoms with van der Waals surface area (Å²) in [6.45, 7) is 7.21. The molecule has 2 aromatic rings. The Bertz CT molecular complexity index is 820. The third-order valence-electron chi connectivity index (χ3n) is 6.11. The van der Waals surface area contributed by atoms with Crippen molar-refractivity contribution >= 4 is 29.9 Å². The third-order valence-corrected chi connectivity index (χ3v) is 6.11. The van der Waals surface area contributed by atoms with Crippen LogP contribution in [-0.2, 0) is 19.5 Å². The van der Waals surface area contributed by atoms with Crippen LogP contribution in [0, 0.1) is 12.8 Å². The number of guanidine groups is 1. The van der Waals surface area contributed by atoms with Crippen molar-refractivity contribution in [3.63, 3.8) is 0 Å². The number of aromatic nitrogens is 3. The van der Waals surface area contributed by atoms with E-state index in [4.69, 9.17) is 0 Å². The van der Waals surface area contributed by atoms with Gasteiger partial charge in [0.2, 0.25) is 0 Å². The Labute approximate surface area is 196 Å². The van der Waals surface area contributed by atoms with Gasteiger partial charge in [0.05, 0.1) is 0 Å². The molecule has 0 amide bonds. The first kappa shape index (κ1) is 23.0. The maximum absolute atomic E-state index is 4.47. The molecule has 0 bridgehead atoms. The number of halogens is 1. The zero-order valence-electron chi connectivity index (χ0n) is 18.0. The van der Waals surface area contributed by atoms with Crippen LogP contribution in [0.4, 0.5) is 0 Å². The molecule has 1 fully saturated rings. The van der Waals surface area contributed by atoms with Crippen molar-refractivity contribution in [2.75, 3.05) is 26.7 Å². The molecular formula is C22H34IN7. The molecule has 7 nitrogen and oxygen atoms in total. The largest absolute Gasteiger partial charge is 0.356 e. The fraction of sp³-hybridized carbons (Fsp3) is 0.591. The fourth-order valence-corrected chi connectivity index (χ4v) is 4.48. The Morgan fingerprint density at radius 1 is 1.17 bits per heavy atom. The molecule has 2 N–H and O–H groups in total. The number of piperidine rings is 1. The number of aliphatic imine (C=N–C) groups is 1. The Balaban J connectivity index is 0.00000256. The zero-order valence-corrected chi connectivity index (χ0v) is 20.4. The number of hydrogen-bond acceptors (Lipinski definition) is 4.